The molecule has 0 N–H and O–H groups in total. The highest BCUT2D eigenvalue weighted by Crippen LogP contribution is 2.24. The van der Waals surface area contributed by atoms with Crippen molar-refractivity contribution < 1.29 is 18.7 Å². The first-order chi connectivity index (χ1) is 12.9. The van der Waals surface area contributed by atoms with Crippen LogP contribution in [0.1, 0.15) is 25.1 Å². The number of carbonyl (C=O) groups excluding carboxylic acids is 2. The second kappa shape index (κ2) is 9.32. The summed E-state index contributed by atoms with van der Waals surface area (Å²) in [6.45, 7) is 6.24. The lowest BCUT2D eigenvalue weighted by Crippen LogP contribution is -2.34. The summed E-state index contributed by atoms with van der Waals surface area (Å²) in [5, 5.41) is 4.59. The maximum Gasteiger partial charge on any atom is 0.331 e. The Bertz CT molecular complexity index is 843. The van der Waals surface area contributed by atoms with E-state index in [4.69, 9.17) is 16.3 Å². The second-order valence-electron chi connectivity index (χ2n) is 5.69. The van der Waals surface area contributed by atoms with Crippen LogP contribution >= 0.6 is 11.6 Å². The number of rotatable bonds is 7. The lowest BCUT2D eigenvalue weighted by Gasteiger charge is -2.17. The maximum atomic E-state index is 13.1. The van der Waals surface area contributed by atoms with Crippen LogP contribution in [-0.4, -0.2) is 46.3 Å². The van der Waals surface area contributed by atoms with Gasteiger partial charge in [0, 0.05) is 24.7 Å². The van der Waals surface area contributed by atoms with Crippen LogP contribution < -0.4 is 0 Å². The molecule has 0 bridgehead atoms. The Hall–Kier alpha value is -2.67. The number of esters is 1. The van der Waals surface area contributed by atoms with Gasteiger partial charge < -0.3 is 9.64 Å². The largest absolute Gasteiger partial charge is 0.452 e. The van der Waals surface area contributed by atoms with Gasteiger partial charge in [-0.3, -0.25) is 4.79 Å². The number of benzene rings is 1. The molecule has 2 rings (SSSR count). The van der Waals surface area contributed by atoms with E-state index in [9.17, 15) is 14.0 Å². The molecule has 0 atom stereocenters. The van der Waals surface area contributed by atoms with Crippen LogP contribution in [0.4, 0.5) is 4.39 Å². The van der Waals surface area contributed by atoms with E-state index in [1.54, 1.807) is 24.0 Å². The molecule has 0 aliphatic carbocycles. The third kappa shape index (κ3) is 5.17. The number of aryl methyl sites for hydroxylation is 1. The van der Waals surface area contributed by atoms with Gasteiger partial charge in [-0.1, -0.05) is 11.6 Å². The van der Waals surface area contributed by atoms with Crippen molar-refractivity contribution in [1.29, 1.82) is 0 Å². The normalized spacial score (nSPS) is 11.0. The van der Waals surface area contributed by atoms with Gasteiger partial charge in [0.05, 0.1) is 11.4 Å². The highest BCUT2D eigenvalue weighted by atomic mass is 35.5. The summed E-state index contributed by atoms with van der Waals surface area (Å²) < 4.78 is 19.5. The Kier molecular flexibility index (Phi) is 7.12. The number of amides is 1. The fourth-order valence-corrected chi connectivity index (χ4v) is 2.79. The second-order valence-corrected chi connectivity index (χ2v) is 6.04. The van der Waals surface area contributed by atoms with Crippen LogP contribution in [0.5, 0.6) is 0 Å². The van der Waals surface area contributed by atoms with Crippen LogP contribution in [0, 0.1) is 12.7 Å². The summed E-state index contributed by atoms with van der Waals surface area (Å²) in [5.41, 5.74) is 1.72. The van der Waals surface area contributed by atoms with Crippen molar-refractivity contribution in [2.75, 3.05) is 19.7 Å². The molecule has 27 heavy (non-hydrogen) atoms. The van der Waals surface area contributed by atoms with E-state index < -0.39 is 5.97 Å². The molecule has 8 heteroatoms. The molecule has 144 valence electrons. The minimum atomic E-state index is -0.652. The molecule has 1 heterocycles. The average molecular weight is 394 g/mol. The van der Waals surface area contributed by atoms with Gasteiger partial charge in [-0.15, -0.1) is 0 Å². The Morgan fingerprint density at radius 2 is 1.89 bits per heavy atom. The third-order valence-corrected chi connectivity index (χ3v) is 4.32. The van der Waals surface area contributed by atoms with Crippen LogP contribution in [0.15, 0.2) is 30.3 Å². The Morgan fingerprint density at radius 3 is 2.48 bits per heavy atom. The minimum Gasteiger partial charge on any atom is -0.452 e. The fraction of sp³-hybridized carbons (Fsp3) is 0.316. The topological polar surface area (TPSA) is 64.4 Å². The lowest BCUT2D eigenvalue weighted by molar-refractivity contribution is -0.147. The number of carbonyl (C=O) groups is 2. The van der Waals surface area contributed by atoms with Crippen molar-refractivity contribution in [3.05, 3.63) is 52.6 Å². The van der Waals surface area contributed by atoms with E-state index in [-0.39, 0.29) is 23.5 Å². The van der Waals surface area contributed by atoms with Gasteiger partial charge >= 0.3 is 5.97 Å². The van der Waals surface area contributed by atoms with Gasteiger partial charge in [0.1, 0.15) is 11.0 Å². The number of nitrogens with zero attached hydrogens (tertiary/aromatic N) is 3. The molecular weight excluding hydrogens is 373 g/mol. The third-order valence-electron chi connectivity index (χ3n) is 3.96. The molecule has 6 nitrogen and oxygen atoms in total. The summed E-state index contributed by atoms with van der Waals surface area (Å²) in [7, 11) is 0. The zero-order valence-corrected chi connectivity index (χ0v) is 16.2. The molecule has 1 aromatic carbocycles. The number of hydrogen-bond acceptors (Lipinski definition) is 4. The molecule has 0 unspecified atom stereocenters. The highest BCUT2D eigenvalue weighted by Gasteiger charge is 2.14. The average Bonchev–Trinajstić information content (AvgIpc) is 2.94. The molecule has 0 spiro atoms. The first kappa shape index (κ1) is 20.6. The molecule has 1 aromatic heterocycles. The molecule has 0 radical (unpaired) electrons. The standard InChI is InChI=1S/C19H21ClFN3O3/c1-4-23(5-2)17(25)12-27-18(26)11-10-16-13(3)22-24(19(16)20)15-8-6-14(21)7-9-15/h6-11H,4-5,12H2,1-3H3. The summed E-state index contributed by atoms with van der Waals surface area (Å²) in [4.78, 5) is 25.3. The van der Waals surface area contributed by atoms with Crippen LogP contribution in [0.25, 0.3) is 11.8 Å². The van der Waals surface area contributed by atoms with E-state index in [1.807, 2.05) is 13.8 Å². The molecule has 0 aliphatic rings. The predicted octanol–water partition coefficient (Wildman–Crippen LogP) is 3.40. The fourth-order valence-electron chi connectivity index (χ4n) is 2.45. The van der Waals surface area contributed by atoms with Crippen molar-refractivity contribution in [3.63, 3.8) is 0 Å². The Balaban J connectivity index is 2.07. The molecule has 0 fully saturated rings. The molecule has 0 aliphatic heterocycles. The smallest absolute Gasteiger partial charge is 0.331 e. The van der Waals surface area contributed by atoms with Gasteiger partial charge in [-0.05, 0) is 51.1 Å². The van der Waals surface area contributed by atoms with Gasteiger partial charge in [-0.2, -0.15) is 5.10 Å². The van der Waals surface area contributed by atoms with Crippen LogP contribution in [0.3, 0.4) is 0 Å². The SMILES string of the molecule is CCN(CC)C(=O)COC(=O)C=Cc1c(C)nn(-c2ccc(F)cc2)c1Cl. The summed E-state index contributed by atoms with van der Waals surface area (Å²) in [5.74, 6) is -1.26. The number of likely N-dealkylation sites (N-methyl/N-ethyl adjacent to an activating group) is 1. The molecule has 0 saturated carbocycles. The van der Waals surface area contributed by atoms with Crippen molar-refractivity contribution in [2.45, 2.75) is 20.8 Å². The monoisotopic (exact) mass is 393 g/mol. The zero-order valence-electron chi connectivity index (χ0n) is 15.4. The quantitative estimate of drug-likeness (QED) is 0.534. The summed E-state index contributed by atoms with van der Waals surface area (Å²) in [6, 6.07) is 5.72. The van der Waals surface area contributed by atoms with Crippen molar-refractivity contribution in [3.8, 4) is 5.69 Å². The van der Waals surface area contributed by atoms with E-state index in [1.165, 1.54) is 29.0 Å². The van der Waals surface area contributed by atoms with E-state index in [0.29, 0.717) is 30.0 Å². The maximum absolute atomic E-state index is 13.1. The molecule has 0 saturated heterocycles. The minimum absolute atomic E-state index is 0.250. The van der Waals surface area contributed by atoms with Gasteiger partial charge in [0.15, 0.2) is 6.61 Å². The molecular formula is C19H21ClFN3O3. The number of aromatic nitrogens is 2. The highest BCUT2D eigenvalue weighted by molar-refractivity contribution is 6.31. The summed E-state index contributed by atoms with van der Waals surface area (Å²) in [6.07, 6.45) is 2.68. The van der Waals surface area contributed by atoms with E-state index in [0.717, 1.165) is 0 Å². The van der Waals surface area contributed by atoms with Crippen LogP contribution in [0.2, 0.25) is 5.15 Å². The number of halogens is 2. The first-order valence-electron chi connectivity index (χ1n) is 8.51. The van der Waals surface area contributed by atoms with Gasteiger partial charge in [-0.25, -0.2) is 13.9 Å². The van der Waals surface area contributed by atoms with E-state index in [2.05, 4.69) is 5.10 Å². The molecule has 1 amide bonds. The predicted molar refractivity (Wildman–Crippen MR) is 101 cm³/mol. The van der Waals surface area contributed by atoms with Crippen molar-refractivity contribution in [2.24, 2.45) is 0 Å². The van der Waals surface area contributed by atoms with E-state index >= 15 is 0 Å². The van der Waals surface area contributed by atoms with Crippen molar-refractivity contribution in [1.82, 2.24) is 14.7 Å². The summed E-state index contributed by atoms with van der Waals surface area (Å²) >= 11 is 6.34. The Labute approximate surface area is 162 Å². The first-order valence-corrected chi connectivity index (χ1v) is 8.88. The number of ether oxygens (including phenoxy) is 1. The Morgan fingerprint density at radius 1 is 1.26 bits per heavy atom. The van der Waals surface area contributed by atoms with Crippen LogP contribution in [-0.2, 0) is 14.3 Å². The number of hydrogen-bond donors (Lipinski definition) is 0. The van der Waals surface area contributed by atoms with Gasteiger partial charge in [0.25, 0.3) is 5.91 Å². The van der Waals surface area contributed by atoms with Gasteiger partial charge in [0.2, 0.25) is 0 Å². The lowest BCUT2D eigenvalue weighted by atomic mass is 10.2. The van der Waals surface area contributed by atoms with Crippen molar-refractivity contribution >= 4 is 29.6 Å². The zero-order chi connectivity index (χ0) is 20.0. The molecule has 2 aromatic rings.